The topological polar surface area (TPSA) is 112 Å². The molecular formula is C41H46N2O7SSi. The molecule has 11 heteroatoms. The Hall–Kier alpha value is -4.58. The summed E-state index contributed by atoms with van der Waals surface area (Å²) in [4.78, 5) is 33.5. The van der Waals surface area contributed by atoms with E-state index in [9.17, 15) is 18.0 Å². The number of esters is 1. The van der Waals surface area contributed by atoms with Crippen LogP contribution in [0, 0.1) is 12.8 Å². The van der Waals surface area contributed by atoms with Crippen LogP contribution in [0.2, 0.25) is 5.04 Å². The van der Waals surface area contributed by atoms with Gasteiger partial charge in [-0.05, 0) is 59.9 Å². The standard InChI is InChI=1S/C41H46N2O7SSi/c1-6-48-39(45)41(32-26-27-43(37(44)28-32)51(46,47)33-24-22-30(2)23-25-33)36(50-38(42-41)31-16-10-7-11-17-31)29-49-52(40(3,4)5,34-18-12-8-13-19-34)35-20-14-9-15-21-35/h7-25,32,36H,6,26-29H2,1-5H3/t32-,36-,41?/m0/s1. The van der Waals surface area contributed by atoms with Crippen molar-refractivity contribution in [3.05, 3.63) is 126 Å². The second kappa shape index (κ2) is 14.8. The molecule has 272 valence electrons. The number of aryl methyl sites for hydroxylation is 1. The predicted octanol–water partition coefficient (Wildman–Crippen LogP) is 5.65. The zero-order chi connectivity index (χ0) is 37.1. The Morgan fingerprint density at radius 3 is 1.98 bits per heavy atom. The lowest BCUT2D eigenvalue weighted by atomic mass is 9.75. The van der Waals surface area contributed by atoms with E-state index in [0.29, 0.717) is 5.56 Å². The molecule has 1 amide bonds. The van der Waals surface area contributed by atoms with E-state index in [1.807, 2.05) is 73.7 Å². The molecule has 4 aromatic rings. The quantitative estimate of drug-likeness (QED) is 0.145. The number of carbonyl (C=O) groups excluding carboxylic acids is 2. The van der Waals surface area contributed by atoms with E-state index in [1.54, 1.807) is 19.1 Å². The highest BCUT2D eigenvalue weighted by Crippen LogP contribution is 2.44. The van der Waals surface area contributed by atoms with Gasteiger partial charge in [0.25, 0.3) is 18.3 Å². The minimum absolute atomic E-state index is 0.0372. The molecule has 6 rings (SSSR count). The van der Waals surface area contributed by atoms with Crippen LogP contribution in [0.25, 0.3) is 0 Å². The number of piperidine rings is 1. The van der Waals surface area contributed by atoms with Gasteiger partial charge in [0, 0.05) is 24.4 Å². The van der Waals surface area contributed by atoms with Crippen LogP contribution in [0.4, 0.5) is 0 Å². The molecule has 0 N–H and O–H groups in total. The van der Waals surface area contributed by atoms with Crippen molar-refractivity contribution in [2.45, 2.75) is 69.0 Å². The van der Waals surface area contributed by atoms with E-state index >= 15 is 0 Å². The molecule has 0 radical (unpaired) electrons. The molecule has 1 unspecified atom stereocenters. The smallest absolute Gasteiger partial charge is 0.338 e. The van der Waals surface area contributed by atoms with Crippen LogP contribution in [-0.2, 0) is 33.5 Å². The number of hydrogen-bond acceptors (Lipinski definition) is 8. The first-order valence-electron chi connectivity index (χ1n) is 17.7. The summed E-state index contributed by atoms with van der Waals surface area (Å²) < 4.78 is 48.0. The minimum atomic E-state index is -4.12. The summed E-state index contributed by atoms with van der Waals surface area (Å²) in [5, 5.41) is 1.75. The molecule has 52 heavy (non-hydrogen) atoms. The normalized spacial score (nSPS) is 21.0. The van der Waals surface area contributed by atoms with E-state index in [-0.39, 0.29) is 48.4 Å². The van der Waals surface area contributed by atoms with Crippen LogP contribution >= 0.6 is 0 Å². The molecule has 9 nitrogen and oxygen atoms in total. The molecule has 0 bridgehead atoms. The second-order valence-electron chi connectivity index (χ2n) is 14.4. The molecule has 0 saturated carbocycles. The Kier molecular flexibility index (Phi) is 10.6. The highest BCUT2D eigenvalue weighted by atomic mass is 32.2. The first-order valence-corrected chi connectivity index (χ1v) is 21.1. The van der Waals surface area contributed by atoms with Crippen molar-refractivity contribution >= 4 is 46.5 Å². The zero-order valence-corrected chi connectivity index (χ0v) is 32.1. The Morgan fingerprint density at radius 1 is 0.904 bits per heavy atom. The molecule has 0 aromatic heterocycles. The van der Waals surface area contributed by atoms with Gasteiger partial charge in [0.2, 0.25) is 17.3 Å². The molecule has 0 spiro atoms. The van der Waals surface area contributed by atoms with E-state index in [4.69, 9.17) is 18.9 Å². The van der Waals surface area contributed by atoms with Gasteiger partial charge in [-0.1, -0.05) is 117 Å². The van der Waals surface area contributed by atoms with E-state index < -0.39 is 47.8 Å². The Labute approximate surface area is 307 Å². The van der Waals surface area contributed by atoms with E-state index in [2.05, 4.69) is 45.0 Å². The van der Waals surface area contributed by atoms with Gasteiger partial charge in [-0.2, -0.15) is 0 Å². The Balaban J connectivity index is 1.43. The fourth-order valence-electron chi connectivity index (χ4n) is 7.55. The number of benzene rings is 4. The fourth-order valence-corrected chi connectivity index (χ4v) is 13.5. The van der Waals surface area contributed by atoms with Crippen LogP contribution in [0.5, 0.6) is 0 Å². The third-order valence-corrected chi connectivity index (χ3v) is 17.0. The van der Waals surface area contributed by atoms with Crippen molar-refractivity contribution < 1.29 is 31.9 Å². The number of rotatable bonds is 11. The van der Waals surface area contributed by atoms with Crippen molar-refractivity contribution in [1.82, 2.24) is 4.31 Å². The van der Waals surface area contributed by atoms with Crippen molar-refractivity contribution in [2.75, 3.05) is 19.8 Å². The maximum absolute atomic E-state index is 14.5. The van der Waals surface area contributed by atoms with Gasteiger partial charge < -0.3 is 13.9 Å². The van der Waals surface area contributed by atoms with Gasteiger partial charge in [0.05, 0.1) is 18.1 Å². The van der Waals surface area contributed by atoms with Crippen molar-refractivity contribution in [3.63, 3.8) is 0 Å². The Morgan fingerprint density at radius 2 is 1.46 bits per heavy atom. The van der Waals surface area contributed by atoms with E-state index in [1.165, 1.54) is 12.1 Å². The van der Waals surface area contributed by atoms with Gasteiger partial charge in [0.15, 0.2) is 6.10 Å². The van der Waals surface area contributed by atoms with Gasteiger partial charge >= 0.3 is 5.97 Å². The third-order valence-electron chi connectivity index (χ3n) is 10.1. The maximum atomic E-state index is 14.5. The van der Waals surface area contributed by atoms with E-state index in [0.717, 1.165) is 20.2 Å². The zero-order valence-electron chi connectivity index (χ0n) is 30.3. The molecule has 1 saturated heterocycles. The lowest BCUT2D eigenvalue weighted by molar-refractivity contribution is -0.158. The van der Waals surface area contributed by atoms with Crippen LogP contribution in [0.3, 0.4) is 0 Å². The van der Waals surface area contributed by atoms with Gasteiger partial charge in [-0.3, -0.25) is 4.79 Å². The number of carbonyl (C=O) groups is 2. The van der Waals surface area contributed by atoms with Crippen LogP contribution < -0.4 is 10.4 Å². The summed E-state index contributed by atoms with van der Waals surface area (Å²) in [5.41, 5.74) is -0.128. The average Bonchev–Trinajstić information content (AvgIpc) is 3.53. The maximum Gasteiger partial charge on any atom is 0.338 e. The summed E-state index contributed by atoms with van der Waals surface area (Å²) in [6.07, 6.45) is -1.07. The lowest BCUT2D eigenvalue weighted by Crippen LogP contribution is -2.68. The second-order valence-corrected chi connectivity index (χ2v) is 20.6. The fraction of sp³-hybridized carbons (Fsp3) is 0.341. The number of sulfonamides is 1. The number of hydrogen-bond donors (Lipinski definition) is 0. The molecule has 4 aromatic carbocycles. The highest BCUT2D eigenvalue weighted by Gasteiger charge is 2.62. The lowest BCUT2D eigenvalue weighted by Gasteiger charge is -2.45. The molecule has 0 aliphatic carbocycles. The van der Waals surface area contributed by atoms with Crippen molar-refractivity contribution in [3.8, 4) is 0 Å². The summed E-state index contributed by atoms with van der Waals surface area (Å²) >= 11 is 0. The monoisotopic (exact) mass is 738 g/mol. The summed E-state index contributed by atoms with van der Waals surface area (Å²) in [5.74, 6) is -1.75. The highest BCUT2D eigenvalue weighted by molar-refractivity contribution is 7.89. The first-order chi connectivity index (χ1) is 24.8. The SMILES string of the molecule is CCOC(=O)C1([C@H]2CCN(S(=O)(=O)c3ccc(C)cc3)C(=O)C2)N=C(c2ccccc2)O[C@H]1CO[Si](c1ccccc1)(c1ccccc1)C(C)(C)C. The summed E-state index contributed by atoms with van der Waals surface area (Å²) in [7, 11) is -7.23. The minimum Gasteiger partial charge on any atom is -0.468 e. The molecule has 2 heterocycles. The number of ether oxygens (including phenoxy) is 2. The molecule has 3 atom stereocenters. The molecule has 2 aliphatic rings. The van der Waals surface area contributed by atoms with Crippen molar-refractivity contribution in [1.29, 1.82) is 0 Å². The molecular weight excluding hydrogens is 693 g/mol. The number of amides is 1. The van der Waals surface area contributed by atoms with Crippen molar-refractivity contribution in [2.24, 2.45) is 10.9 Å². The Bertz CT molecular complexity index is 1980. The molecule has 2 aliphatic heterocycles. The predicted molar refractivity (Wildman–Crippen MR) is 204 cm³/mol. The third kappa shape index (κ3) is 6.73. The van der Waals surface area contributed by atoms with Gasteiger partial charge in [0.1, 0.15) is 0 Å². The molecule has 1 fully saturated rings. The van der Waals surface area contributed by atoms with Crippen LogP contribution in [-0.4, -0.2) is 70.2 Å². The van der Waals surface area contributed by atoms with Crippen LogP contribution in [0.1, 0.15) is 51.7 Å². The van der Waals surface area contributed by atoms with Gasteiger partial charge in [-0.25, -0.2) is 22.5 Å². The average molecular weight is 739 g/mol. The first kappa shape index (κ1) is 37.2. The van der Waals surface area contributed by atoms with Gasteiger partial charge in [-0.15, -0.1) is 0 Å². The summed E-state index contributed by atoms with van der Waals surface area (Å²) in [6, 6.07) is 36.0. The summed E-state index contributed by atoms with van der Waals surface area (Å²) in [6.45, 7) is 10.0. The largest absolute Gasteiger partial charge is 0.468 e. The number of nitrogens with zero attached hydrogens (tertiary/aromatic N) is 2. The van der Waals surface area contributed by atoms with Crippen LogP contribution in [0.15, 0.2) is 125 Å². The number of aliphatic imine (C=N–C) groups is 1.